The number of thiocarbonyl (C=S) groups is 1. The van der Waals surface area contributed by atoms with E-state index in [0.29, 0.717) is 11.0 Å². The Morgan fingerprint density at radius 3 is 2.41 bits per heavy atom. The number of rotatable bonds is 4. The molecule has 1 aromatic rings. The van der Waals surface area contributed by atoms with E-state index in [-0.39, 0.29) is 0 Å². The summed E-state index contributed by atoms with van der Waals surface area (Å²) in [6.07, 6.45) is 4.73. The van der Waals surface area contributed by atoms with Crippen molar-refractivity contribution in [2.45, 2.75) is 31.7 Å². The van der Waals surface area contributed by atoms with E-state index in [1.54, 1.807) is 0 Å². The van der Waals surface area contributed by atoms with Gasteiger partial charge in [-0.3, -0.25) is 4.90 Å². The van der Waals surface area contributed by atoms with Gasteiger partial charge in [0.25, 0.3) is 0 Å². The SMILES string of the molecule is NC(=S)CC(c1ccccc1)N1CCCCC1. The minimum absolute atomic E-state index is 0.369. The topological polar surface area (TPSA) is 29.3 Å². The normalized spacial score (nSPS) is 18.8. The first-order valence-electron chi connectivity index (χ1n) is 6.34. The number of likely N-dealkylation sites (tertiary alicyclic amines) is 1. The van der Waals surface area contributed by atoms with Gasteiger partial charge in [0.1, 0.15) is 0 Å². The van der Waals surface area contributed by atoms with Crippen molar-refractivity contribution in [1.82, 2.24) is 4.90 Å². The number of hydrogen-bond acceptors (Lipinski definition) is 2. The minimum atomic E-state index is 0.369. The zero-order valence-corrected chi connectivity index (χ0v) is 11.0. The number of nitrogens with zero attached hydrogens (tertiary/aromatic N) is 1. The Bertz CT molecular complexity index is 358. The Hall–Kier alpha value is -0.930. The second-order valence-corrected chi connectivity index (χ2v) is 5.22. The maximum absolute atomic E-state index is 5.74. The molecule has 1 unspecified atom stereocenters. The van der Waals surface area contributed by atoms with Crippen molar-refractivity contribution in [2.75, 3.05) is 13.1 Å². The van der Waals surface area contributed by atoms with Crippen LogP contribution in [0.2, 0.25) is 0 Å². The summed E-state index contributed by atoms with van der Waals surface area (Å²) < 4.78 is 0. The van der Waals surface area contributed by atoms with Crippen LogP contribution in [0.25, 0.3) is 0 Å². The van der Waals surface area contributed by atoms with E-state index in [9.17, 15) is 0 Å². The van der Waals surface area contributed by atoms with Crippen LogP contribution in [0.1, 0.15) is 37.3 Å². The molecule has 0 amide bonds. The second kappa shape index (κ2) is 6.12. The molecule has 17 heavy (non-hydrogen) atoms. The van der Waals surface area contributed by atoms with E-state index < -0.39 is 0 Å². The van der Waals surface area contributed by atoms with Crippen LogP contribution in [-0.2, 0) is 0 Å². The molecule has 1 fully saturated rings. The van der Waals surface area contributed by atoms with Crippen molar-refractivity contribution in [3.05, 3.63) is 35.9 Å². The van der Waals surface area contributed by atoms with Crippen molar-refractivity contribution < 1.29 is 0 Å². The van der Waals surface area contributed by atoms with Crippen LogP contribution in [0.5, 0.6) is 0 Å². The first kappa shape index (κ1) is 12.5. The van der Waals surface area contributed by atoms with Gasteiger partial charge in [-0.15, -0.1) is 0 Å². The van der Waals surface area contributed by atoms with Gasteiger partial charge in [0.15, 0.2) is 0 Å². The van der Waals surface area contributed by atoms with E-state index in [1.165, 1.54) is 37.9 Å². The maximum atomic E-state index is 5.74. The lowest BCUT2D eigenvalue weighted by molar-refractivity contribution is 0.167. The van der Waals surface area contributed by atoms with Gasteiger partial charge in [-0.2, -0.15) is 0 Å². The summed E-state index contributed by atoms with van der Waals surface area (Å²) in [6.45, 7) is 2.34. The molecule has 1 atom stereocenters. The van der Waals surface area contributed by atoms with Crippen LogP contribution in [0.15, 0.2) is 30.3 Å². The zero-order valence-electron chi connectivity index (χ0n) is 10.1. The molecule has 2 nitrogen and oxygen atoms in total. The van der Waals surface area contributed by atoms with Crippen LogP contribution < -0.4 is 5.73 Å². The van der Waals surface area contributed by atoms with Gasteiger partial charge in [-0.25, -0.2) is 0 Å². The Kier molecular flexibility index (Phi) is 4.51. The molecule has 1 heterocycles. The number of hydrogen-bond donors (Lipinski definition) is 1. The van der Waals surface area contributed by atoms with Gasteiger partial charge >= 0.3 is 0 Å². The largest absolute Gasteiger partial charge is 0.393 e. The maximum Gasteiger partial charge on any atom is 0.0746 e. The van der Waals surface area contributed by atoms with Crippen LogP contribution in [-0.4, -0.2) is 23.0 Å². The summed E-state index contributed by atoms with van der Waals surface area (Å²) >= 11 is 5.09. The summed E-state index contributed by atoms with van der Waals surface area (Å²) in [5, 5.41) is 0. The summed E-state index contributed by atoms with van der Waals surface area (Å²) in [6, 6.07) is 11.0. The molecule has 0 radical (unpaired) electrons. The molecular weight excluding hydrogens is 228 g/mol. The third-order valence-electron chi connectivity index (χ3n) is 3.41. The van der Waals surface area contributed by atoms with Gasteiger partial charge in [-0.1, -0.05) is 49.0 Å². The monoisotopic (exact) mass is 248 g/mol. The molecule has 3 heteroatoms. The van der Waals surface area contributed by atoms with Gasteiger partial charge in [0.05, 0.1) is 4.99 Å². The smallest absolute Gasteiger partial charge is 0.0746 e. The predicted molar refractivity (Wildman–Crippen MR) is 76.0 cm³/mol. The lowest BCUT2D eigenvalue weighted by Gasteiger charge is -2.34. The number of nitrogens with two attached hydrogens (primary N) is 1. The van der Waals surface area contributed by atoms with Crippen molar-refractivity contribution in [3.8, 4) is 0 Å². The Labute approximate surface area is 109 Å². The van der Waals surface area contributed by atoms with E-state index >= 15 is 0 Å². The Morgan fingerprint density at radius 2 is 1.82 bits per heavy atom. The Balaban J connectivity index is 2.15. The molecule has 1 aliphatic heterocycles. The summed E-state index contributed by atoms with van der Waals surface area (Å²) in [7, 11) is 0. The van der Waals surface area contributed by atoms with Gasteiger partial charge < -0.3 is 5.73 Å². The number of piperidine rings is 1. The molecule has 1 aliphatic rings. The third-order valence-corrected chi connectivity index (χ3v) is 3.58. The molecule has 0 spiro atoms. The fraction of sp³-hybridized carbons (Fsp3) is 0.500. The average Bonchev–Trinajstić information content (AvgIpc) is 2.38. The predicted octanol–water partition coefficient (Wildman–Crippen LogP) is 2.89. The lowest BCUT2D eigenvalue weighted by Crippen LogP contribution is -2.35. The fourth-order valence-corrected chi connectivity index (χ4v) is 2.71. The molecule has 0 bridgehead atoms. The van der Waals surface area contributed by atoms with Crippen LogP contribution in [0.3, 0.4) is 0 Å². The first-order chi connectivity index (χ1) is 8.27. The molecule has 2 N–H and O–H groups in total. The quantitative estimate of drug-likeness (QED) is 0.831. The highest BCUT2D eigenvalue weighted by atomic mass is 32.1. The standard InChI is InChI=1S/C14H20N2S/c15-14(17)11-13(12-7-3-1-4-8-12)16-9-5-2-6-10-16/h1,3-4,7-8,13H,2,5-6,9-11H2,(H2,15,17). The van der Waals surface area contributed by atoms with E-state index in [4.69, 9.17) is 18.0 Å². The van der Waals surface area contributed by atoms with Crippen molar-refractivity contribution in [2.24, 2.45) is 5.73 Å². The van der Waals surface area contributed by atoms with Gasteiger partial charge in [0, 0.05) is 12.5 Å². The highest BCUT2D eigenvalue weighted by Gasteiger charge is 2.22. The van der Waals surface area contributed by atoms with Crippen LogP contribution in [0, 0.1) is 0 Å². The van der Waals surface area contributed by atoms with Crippen molar-refractivity contribution in [3.63, 3.8) is 0 Å². The van der Waals surface area contributed by atoms with Crippen LogP contribution in [0.4, 0.5) is 0 Å². The fourth-order valence-electron chi connectivity index (χ4n) is 2.55. The van der Waals surface area contributed by atoms with Crippen LogP contribution >= 0.6 is 12.2 Å². The van der Waals surface area contributed by atoms with Crippen molar-refractivity contribution >= 4 is 17.2 Å². The molecular formula is C14H20N2S. The average molecular weight is 248 g/mol. The molecule has 0 aromatic heterocycles. The minimum Gasteiger partial charge on any atom is -0.393 e. The lowest BCUT2D eigenvalue weighted by atomic mass is 9.99. The van der Waals surface area contributed by atoms with E-state index in [2.05, 4.69) is 35.2 Å². The van der Waals surface area contributed by atoms with Gasteiger partial charge in [0.2, 0.25) is 0 Å². The van der Waals surface area contributed by atoms with Crippen molar-refractivity contribution in [1.29, 1.82) is 0 Å². The second-order valence-electron chi connectivity index (χ2n) is 4.69. The highest BCUT2D eigenvalue weighted by Crippen LogP contribution is 2.27. The highest BCUT2D eigenvalue weighted by molar-refractivity contribution is 7.80. The molecule has 1 saturated heterocycles. The molecule has 0 aliphatic carbocycles. The Morgan fingerprint density at radius 1 is 1.18 bits per heavy atom. The first-order valence-corrected chi connectivity index (χ1v) is 6.75. The van der Waals surface area contributed by atoms with Gasteiger partial charge in [-0.05, 0) is 31.5 Å². The molecule has 1 aromatic carbocycles. The zero-order chi connectivity index (χ0) is 12.1. The number of benzene rings is 1. The molecule has 2 rings (SSSR count). The summed E-state index contributed by atoms with van der Waals surface area (Å²) in [5.41, 5.74) is 7.08. The third kappa shape index (κ3) is 3.51. The van der Waals surface area contributed by atoms with E-state index in [0.717, 1.165) is 6.42 Å². The molecule has 92 valence electrons. The van der Waals surface area contributed by atoms with E-state index in [1.807, 2.05) is 0 Å². The summed E-state index contributed by atoms with van der Waals surface area (Å²) in [4.78, 5) is 3.14. The molecule has 0 saturated carbocycles. The summed E-state index contributed by atoms with van der Waals surface area (Å²) in [5.74, 6) is 0.